The van der Waals surface area contributed by atoms with Crippen molar-refractivity contribution in [2.75, 3.05) is 4.90 Å². The second kappa shape index (κ2) is 13.3. The first-order valence-corrected chi connectivity index (χ1v) is 19.9. The SMILES string of the molecule is c1ccc(-c2ccc(N(c3ccc(-c4ccc5c(c4)oc4ccccc45)cc3)c3ccc4c(ccc5ccc6ccc7nc(-c8ccccc8)oc7c6c54)c3)cc2)cc1. The van der Waals surface area contributed by atoms with Gasteiger partial charge in [-0.3, -0.25) is 0 Å². The maximum Gasteiger partial charge on any atom is 0.227 e. The standard InChI is InChI=1S/C55H34N2O2/c1-3-9-35(10-4-1)36-19-25-43(26-20-36)57(44-27-21-37(22-28-44)41-23-30-48-47-13-7-8-14-50(47)58-51(48)34-41)45-29-31-46-42(33-45)18-17-38-15-16-39-24-32-49-54(53(39)52(38)46)59-55(56-49)40-11-5-2-6-12-40/h1-34H. The Balaban J connectivity index is 0.992. The number of anilines is 3. The van der Waals surface area contributed by atoms with Crippen LogP contribution >= 0.6 is 0 Å². The smallest absolute Gasteiger partial charge is 0.227 e. The third-order valence-electron chi connectivity index (χ3n) is 11.7. The molecule has 0 fully saturated rings. The lowest BCUT2D eigenvalue weighted by Crippen LogP contribution is -2.09. The normalized spacial score (nSPS) is 11.7. The van der Waals surface area contributed by atoms with Gasteiger partial charge in [-0.1, -0.05) is 133 Å². The Morgan fingerprint density at radius 2 is 0.881 bits per heavy atom. The van der Waals surface area contributed by atoms with Gasteiger partial charge in [0.25, 0.3) is 0 Å². The average molecular weight is 755 g/mol. The van der Waals surface area contributed by atoms with Crippen molar-refractivity contribution in [1.29, 1.82) is 0 Å². The summed E-state index contributed by atoms with van der Waals surface area (Å²) >= 11 is 0. The molecule has 0 aliphatic rings. The van der Waals surface area contributed by atoms with Crippen molar-refractivity contribution < 1.29 is 8.83 Å². The van der Waals surface area contributed by atoms with Crippen LogP contribution < -0.4 is 4.90 Å². The lowest BCUT2D eigenvalue weighted by atomic mass is 9.95. The molecule has 12 rings (SSSR count). The molecule has 276 valence electrons. The van der Waals surface area contributed by atoms with Crippen LogP contribution in [0.5, 0.6) is 0 Å². The van der Waals surface area contributed by atoms with E-state index in [9.17, 15) is 0 Å². The topological polar surface area (TPSA) is 42.4 Å². The second-order valence-electron chi connectivity index (χ2n) is 15.1. The van der Waals surface area contributed by atoms with Crippen LogP contribution in [0.2, 0.25) is 0 Å². The summed E-state index contributed by atoms with van der Waals surface area (Å²) < 4.78 is 12.8. The Bertz CT molecular complexity index is 3530. The van der Waals surface area contributed by atoms with E-state index in [1.807, 2.05) is 42.5 Å². The largest absolute Gasteiger partial charge is 0.456 e. The van der Waals surface area contributed by atoms with E-state index in [1.54, 1.807) is 0 Å². The van der Waals surface area contributed by atoms with Crippen LogP contribution in [0, 0.1) is 0 Å². The van der Waals surface area contributed by atoms with Crippen LogP contribution in [0.15, 0.2) is 215 Å². The molecule has 0 saturated carbocycles. The minimum atomic E-state index is 0.627. The van der Waals surface area contributed by atoms with Gasteiger partial charge in [0.2, 0.25) is 5.89 Å². The molecule has 2 heterocycles. The quantitative estimate of drug-likeness (QED) is 0.159. The summed E-state index contributed by atoms with van der Waals surface area (Å²) in [5, 5.41) is 9.10. The zero-order valence-corrected chi connectivity index (χ0v) is 31.8. The zero-order chi connectivity index (χ0) is 38.9. The van der Waals surface area contributed by atoms with E-state index in [0.29, 0.717) is 5.89 Å². The van der Waals surface area contributed by atoms with E-state index in [1.165, 1.54) is 11.1 Å². The van der Waals surface area contributed by atoms with Crippen molar-refractivity contribution in [3.8, 4) is 33.7 Å². The number of nitrogens with zero attached hydrogens (tertiary/aromatic N) is 2. The van der Waals surface area contributed by atoms with Gasteiger partial charge in [0, 0.05) is 44.2 Å². The molecule has 0 atom stereocenters. The molecule has 0 amide bonds. The number of rotatable bonds is 6. The summed E-state index contributed by atoms with van der Waals surface area (Å²) in [6.07, 6.45) is 0. The van der Waals surface area contributed by atoms with E-state index in [-0.39, 0.29) is 0 Å². The number of para-hydroxylation sites is 1. The van der Waals surface area contributed by atoms with Crippen molar-refractivity contribution in [2.45, 2.75) is 0 Å². The highest BCUT2D eigenvalue weighted by Gasteiger charge is 2.18. The second-order valence-corrected chi connectivity index (χ2v) is 15.1. The van der Waals surface area contributed by atoms with Gasteiger partial charge >= 0.3 is 0 Å². The van der Waals surface area contributed by atoms with Gasteiger partial charge in [-0.05, 0) is 117 Å². The average Bonchev–Trinajstić information content (AvgIpc) is 3.92. The molecule has 0 bridgehead atoms. The molecular formula is C55H34N2O2. The molecule has 0 N–H and O–H groups in total. The summed E-state index contributed by atoms with van der Waals surface area (Å²) in [7, 11) is 0. The lowest BCUT2D eigenvalue weighted by molar-refractivity contribution is 0.623. The first kappa shape index (κ1) is 33.2. The molecule has 4 heteroatoms. The van der Waals surface area contributed by atoms with Gasteiger partial charge in [0.05, 0.1) is 0 Å². The van der Waals surface area contributed by atoms with Crippen LogP contribution in [0.25, 0.3) is 99.1 Å². The molecule has 0 aliphatic carbocycles. The summed E-state index contributed by atoms with van der Waals surface area (Å²) in [6, 6.07) is 72.9. The van der Waals surface area contributed by atoms with Crippen LogP contribution in [-0.2, 0) is 0 Å². The van der Waals surface area contributed by atoms with E-state index >= 15 is 0 Å². The Hall–Kier alpha value is -7.95. The van der Waals surface area contributed by atoms with Crippen molar-refractivity contribution in [3.63, 3.8) is 0 Å². The predicted molar refractivity (Wildman–Crippen MR) is 245 cm³/mol. The van der Waals surface area contributed by atoms with Crippen molar-refractivity contribution in [3.05, 3.63) is 206 Å². The number of furan rings is 1. The number of fused-ring (bicyclic) bond motifs is 10. The molecular weight excluding hydrogens is 721 g/mol. The van der Waals surface area contributed by atoms with Gasteiger partial charge in [0.1, 0.15) is 16.7 Å². The van der Waals surface area contributed by atoms with Gasteiger partial charge in [-0.25, -0.2) is 4.98 Å². The minimum absolute atomic E-state index is 0.627. The molecule has 0 aliphatic heterocycles. The summed E-state index contributed by atoms with van der Waals surface area (Å²) in [5.74, 6) is 0.627. The fourth-order valence-electron chi connectivity index (χ4n) is 8.77. The summed E-state index contributed by atoms with van der Waals surface area (Å²) in [6.45, 7) is 0. The fourth-order valence-corrected chi connectivity index (χ4v) is 8.77. The predicted octanol–water partition coefficient (Wildman–Crippen LogP) is 15.7. The van der Waals surface area contributed by atoms with Crippen molar-refractivity contribution in [1.82, 2.24) is 4.98 Å². The van der Waals surface area contributed by atoms with Crippen LogP contribution in [0.3, 0.4) is 0 Å². The first-order chi connectivity index (χ1) is 29.2. The number of benzene rings is 10. The Morgan fingerprint density at radius 3 is 1.63 bits per heavy atom. The third kappa shape index (κ3) is 5.57. The Morgan fingerprint density at radius 1 is 0.339 bits per heavy atom. The molecule has 12 aromatic rings. The fraction of sp³-hybridized carbons (Fsp3) is 0. The van der Waals surface area contributed by atoms with Gasteiger partial charge < -0.3 is 13.7 Å². The van der Waals surface area contributed by atoms with E-state index in [4.69, 9.17) is 13.8 Å². The summed E-state index contributed by atoms with van der Waals surface area (Å²) in [5.41, 5.74) is 12.2. The van der Waals surface area contributed by atoms with Crippen LogP contribution in [0.1, 0.15) is 0 Å². The van der Waals surface area contributed by atoms with Crippen molar-refractivity contribution in [2.24, 2.45) is 0 Å². The highest BCUT2D eigenvalue weighted by atomic mass is 16.3. The maximum absolute atomic E-state index is 6.60. The van der Waals surface area contributed by atoms with E-state index in [0.717, 1.165) is 99.1 Å². The minimum Gasteiger partial charge on any atom is -0.456 e. The number of hydrogen-bond acceptors (Lipinski definition) is 4. The first-order valence-electron chi connectivity index (χ1n) is 19.9. The van der Waals surface area contributed by atoms with Crippen LogP contribution in [-0.4, -0.2) is 4.98 Å². The Labute approximate surface area is 339 Å². The molecule has 0 saturated heterocycles. The summed E-state index contributed by atoms with van der Waals surface area (Å²) in [4.78, 5) is 7.26. The van der Waals surface area contributed by atoms with Crippen LogP contribution in [0.4, 0.5) is 17.1 Å². The van der Waals surface area contributed by atoms with E-state index < -0.39 is 0 Å². The molecule has 0 radical (unpaired) electrons. The van der Waals surface area contributed by atoms with E-state index in [2.05, 4.69) is 169 Å². The zero-order valence-electron chi connectivity index (χ0n) is 31.8. The molecule has 10 aromatic carbocycles. The molecule has 2 aromatic heterocycles. The third-order valence-corrected chi connectivity index (χ3v) is 11.7. The number of hydrogen-bond donors (Lipinski definition) is 0. The molecule has 0 spiro atoms. The molecule has 4 nitrogen and oxygen atoms in total. The number of oxazole rings is 1. The number of aromatic nitrogens is 1. The van der Waals surface area contributed by atoms with Gasteiger partial charge in [0.15, 0.2) is 5.58 Å². The van der Waals surface area contributed by atoms with Gasteiger partial charge in [-0.2, -0.15) is 0 Å². The highest BCUT2D eigenvalue weighted by molar-refractivity contribution is 6.26. The lowest BCUT2D eigenvalue weighted by Gasteiger charge is -2.26. The highest BCUT2D eigenvalue weighted by Crippen LogP contribution is 2.42. The maximum atomic E-state index is 6.60. The van der Waals surface area contributed by atoms with Crippen molar-refractivity contribution >= 4 is 82.4 Å². The Kier molecular flexibility index (Phi) is 7.50. The molecule has 59 heavy (non-hydrogen) atoms. The molecule has 0 unspecified atom stereocenters. The van der Waals surface area contributed by atoms with Gasteiger partial charge in [-0.15, -0.1) is 0 Å². The monoisotopic (exact) mass is 754 g/mol.